The quantitative estimate of drug-likeness (QED) is 0.326. The fourth-order valence-electron chi connectivity index (χ4n) is 11.6. The molecule has 7 nitrogen and oxygen atoms in total. The maximum atomic E-state index is 12.7. The molecule has 0 aromatic rings. The van der Waals surface area contributed by atoms with Crippen molar-refractivity contribution in [1.82, 2.24) is 0 Å². The lowest BCUT2D eigenvalue weighted by molar-refractivity contribution is -0.226. The predicted octanol–water partition coefficient (Wildman–Crippen LogP) is 4.31. The van der Waals surface area contributed by atoms with E-state index in [1.54, 1.807) is 0 Å². The van der Waals surface area contributed by atoms with Crippen LogP contribution in [-0.2, 0) is 9.53 Å². The number of hydrogen-bond donors (Lipinski definition) is 5. The molecule has 5 fully saturated rings. The first-order chi connectivity index (χ1) is 18.8. The van der Waals surface area contributed by atoms with Crippen LogP contribution in [0, 0.1) is 51.8 Å². The normalized spacial score (nSPS) is 56.1. The fourth-order valence-corrected chi connectivity index (χ4v) is 11.6. The van der Waals surface area contributed by atoms with Crippen molar-refractivity contribution in [3.05, 3.63) is 11.6 Å². The highest BCUT2D eigenvalue weighted by molar-refractivity contribution is 5.76. The van der Waals surface area contributed by atoms with E-state index in [4.69, 9.17) is 4.74 Å². The minimum absolute atomic E-state index is 0.00167. The van der Waals surface area contributed by atoms with Crippen molar-refractivity contribution in [3.63, 3.8) is 0 Å². The molecule has 1 heterocycles. The number of hydrogen-bond acceptors (Lipinski definition) is 6. The summed E-state index contributed by atoms with van der Waals surface area (Å²) in [5.41, 5.74) is 0.0121. The topological polar surface area (TPSA) is 127 Å². The van der Waals surface area contributed by atoms with Crippen LogP contribution >= 0.6 is 0 Å². The molecule has 0 amide bonds. The van der Waals surface area contributed by atoms with Crippen LogP contribution in [0.3, 0.4) is 0 Å². The van der Waals surface area contributed by atoms with Gasteiger partial charge in [0.1, 0.15) is 18.3 Å². The van der Waals surface area contributed by atoms with Crippen LogP contribution in [0.5, 0.6) is 0 Å². The lowest BCUT2D eigenvalue weighted by Gasteiger charge is -2.67. The van der Waals surface area contributed by atoms with Crippen molar-refractivity contribution in [2.24, 2.45) is 51.8 Å². The average Bonchev–Trinajstić information content (AvgIpc) is 2.89. The molecule has 226 valence electrons. The second kappa shape index (κ2) is 9.77. The van der Waals surface area contributed by atoms with Crippen LogP contribution in [0.1, 0.15) is 98.3 Å². The van der Waals surface area contributed by atoms with Crippen LogP contribution in [0.2, 0.25) is 0 Å². The van der Waals surface area contributed by atoms with E-state index in [2.05, 4.69) is 26.8 Å². The van der Waals surface area contributed by atoms with Gasteiger partial charge in [0, 0.05) is 0 Å². The average molecular weight is 561 g/mol. The summed E-state index contributed by atoms with van der Waals surface area (Å²) >= 11 is 0. The van der Waals surface area contributed by atoms with E-state index in [0.29, 0.717) is 24.2 Å². The zero-order valence-electron chi connectivity index (χ0n) is 24.9. The van der Waals surface area contributed by atoms with Crippen LogP contribution < -0.4 is 0 Å². The van der Waals surface area contributed by atoms with Gasteiger partial charge in [-0.25, -0.2) is 0 Å². The van der Waals surface area contributed by atoms with Crippen LogP contribution in [0.15, 0.2) is 11.6 Å². The molecule has 40 heavy (non-hydrogen) atoms. The van der Waals surface area contributed by atoms with Crippen molar-refractivity contribution in [2.75, 3.05) is 6.61 Å². The van der Waals surface area contributed by atoms with Gasteiger partial charge in [-0.05, 0) is 124 Å². The Labute approximate surface area is 239 Å². The molecule has 4 saturated carbocycles. The zero-order valence-corrected chi connectivity index (χ0v) is 24.9. The van der Waals surface area contributed by atoms with Gasteiger partial charge in [-0.15, -0.1) is 0 Å². The smallest absolute Gasteiger partial charge is 0.310 e. The summed E-state index contributed by atoms with van der Waals surface area (Å²) in [4.78, 5) is 12.7. The zero-order chi connectivity index (χ0) is 28.8. The number of allylic oxidation sites excluding steroid dienone is 2. The SMILES string of the molecule is CC1CCC2(C(=O)O)CCC3C(=CCC4C3(C)CCC3C4(C)CCC(CC4OCC(O)C(O)C4O)[C@@]3(C)O)C2C1. The van der Waals surface area contributed by atoms with Crippen molar-refractivity contribution in [1.29, 1.82) is 0 Å². The van der Waals surface area contributed by atoms with Gasteiger partial charge in [-0.2, -0.15) is 0 Å². The van der Waals surface area contributed by atoms with E-state index in [-0.39, 0.29) is 35.2 Å². The van der Waals surface area contributed by atoms with E-state index in [9.17, 15) is 30.3 Å². The number of aliphatic hydroxyl groups excluding tert-OH is 3. The van der Waals surface area contributed by atoms with Gasteiger partial charge in [-0.3, -0.25) is 4.79 Å². The number of carboxylic acid groups (broad SMARTS) is 1. The third-order valence-electron chi connectivity index (χ3n) is 13.9. The molecule has 7 heteroatoms. The molecule has 0 bridgehead atoms. The van der Waals surface area contributed by atoms with Gasteiger partial charge < -0.3 is 30.3 Å². The van der Waals surface area contributed by atoms with Gasteiger partial charge in [0.15, 0.2) is 0 Å². The van der Waals surface area contributed by atoms with Crippen LogP contribution in [0.25, 0.3) is 0 Å². The minimum Gasteiger partial charge on any atom is -0.481 e. The van der Waals surface area contributed by atoms with Crippen LogP contribution in [-0.4, -0.2) is 68.1 Å². The summed E-state index contributed by atoms with van der Waals surface area (Å²) in [5, 5.41) is 53.3. The molecule has 0 spiro atoms. The summed E-state index contributed by atoms with van der Waals surface area (Å²) in [5.74, 6) is 1.07. The van der Waals surface area contributed by atoms with Gasteiger partial charge in [0.2, 0.25) is 0 Å². The van der Waals surface area contributed by atoms with Crippen molar-refractivity contribution < 1.29 is 35.1 Å². The van der Waals surface area contributed by atoms with Crippen molar-refractivity contribution >= 4 is 5.97 Å². The molecule has 14 atom stereocenters. The second-order valence-electron chi connectivity index (χ2n) is 15.7. The van der Waals surface area contributed by atoms with E-state index in [0.717, 1.165) is 64.2 Å². The number of carbonyl (C=O) groups is 1. The van der Waals surface area contributed by atoms with Gasteiger partial charge in [0.25, 0.3) is 0 Å². The number of aliphatic hydroxyl groups is 4. The van der Waals surface area contributed by atoms with E-state index >= 15 is 0 Å². The van der Waals surface area contributed by atoms with Crippen LogP contribution in [0.4, 0.5) is 0 Å². The molecule has 1 saturated heterocycles. The molecule has 6 rings (SSSR count). The monoisotopic (exact) mass is 560 g/mol. The molecule has 5 aliphatic carbocycles. The molecule has 1 aliphatic heterocycles. The summed E-state index contributed by atoms with van der Waals surface area (Å²) in [6.07, 6.45) is 8.21. The Morgan fingerprint density at radius 1 is 0.925 bits per heavy atom. The third-order valence-corrected chi connectivity index (χ3v) is 13.9. The van der Waals surface area contributed by atoms with E-state index in [1.807, 2.05) is 6.92 Å². The molecule has 5 N–H and O–H groups in total. The van der Waals surface area contributed by atoms with Gasteiger partial charge in [0.05, 0.1) is 23.7 Å². The summed E-state index contributed by atoms with van der Waals surface area (Å²) in [6.45, 7) is 9.16. The summed E-state index contributed by atoms with van der Waals surface area (Å²) in [6, 6.07) is 0. The number of ether oxygens (including phenoxy) is 1. The first-order valence-electron chi connectivity index (χ1n) is 16.1. The Morgan fingerprint density at radius 3 is 2.35 bits per heavy atom. The Kier molecular flexibility index (Phi) is 7.11. The Balaban J connectivity index is 1.26. The Morgan fingerprint density at radius 2 is 1.62 bits per heavy atom. The lowest BCUT2D eigenvalue weighted by Crippen LogP contribution is -2.64. The van der Waals surface area contributed by atoms with Gasteiger partial charge in [-0.1, -0.05) is 32.4 Å². The molecule has 0 radical (unpaired) electrons. The molecular weight excluding hydrogens is 508 g/mol. The molecule has 0 aromatic carbocycles. The maximum Gasteiger partial charge on any atom is 0.310 e. The first-order valence-corrected chi connectivity index (χ1v) is 16.1. The highest BCUT2D eigenvalue weighted by Gasteiger charge is 2.66. The Hall–Kier alpha value is -0.990. The fraction of sp³-hybridized carbons (Fsp3) is 0.909. The summed E-state index contributed by atoms with van der Waals surface area (Å²) in [7, 11) is 0. The Bertz CT molecular complexity index is 1040. The predicted molar refractivity (Wildman–Crippen MR) is 150 cm³/mol. The molecule has 13 unspecified atom stereocenters. The summed E-state index contributed by atoms with van der Waals surface area (Å²) < 4.78 is 5.75. The van der Waals surface area contributed by atoms with Crippen molar-refractivity contribution in [3.8, 4) is 0 Å². The molecule has 0 aromatic heterocycles. The molecular formula is C33H52O7. The van der Waals surface area contributed by atoms with Gasteiger partial charge >= 0.3 is 5.97 Å². The number of rotatable bonds is 3. The van der Waals surface area contributed by atoms with E-state index in [1.165, 1.54) is 5.57 Å². The first kappa shape index (κ1) is 29.1. The minimum atomic E-state index is -1.22. The lowest BCUT2D eigenvalue weighted by atomic mass is 9.37. The van der Waals surface area contributed by atoms with E-state index < -0.39 is 41.4 Å². The third kappa shape index (κ3) is 4.04. The standard InChI is InChI=1S/C33H52O7/c1-18-7-13-33(29(37)38)14-9-21-20(22(33)15-18)5-6-25-30(21,2)12-10-26-31(25,3)11-8-19(32(26,4)39)16-24-28(36)27(35)23(34)17-40-24/h5,18-19,21-28,34-36,39H,6-17H2,1-4H3,(H,37,38)/t18?,19?,21?,22?,23?,24?,25?,26?,27?,28?,30?,31?,32-,33?/m1/s1. The highest BCUT2D eigenvalue weighted by atomic mass is 16.5. The number of fused-ring (bicyclic) bond motifs is 7. The second-order valence-corrected chi connectivity index (χ2v) is 15.7. The largest absolute Gasteiger partial charge is 0.481 e. The highest BCUT2D eigenvalue weighted by Crippen LogP contribution is 2.71. The maximum absolute atomic E-state index is 12.7. The number of carboxylic acids is 1. The molecule has 6 aliphatic rings. The van der Waals surface area contributed by atoms with Crippen molar-refractivity contribution in [2.45, 2.75) is 128 Å². The number of aliphatic carboxylic acids is 1.